The number of benzene rings is 3. The van der Waals surface area contributed by atoms with Gasteiger partial charge < -0.3 is 15.4 Å². The van der Waals surface area contributed by atoms with Crippen molar-refractivity contribution in [1.82, 2.24) is 9.55 Å². The third kappa shape index (κ3) is 5.39. The van der Waals surface area contributed by atoms with Crippen LogP contribution in [0.15, 0.2) is 90.1 Å². The van der Waals surface area contributed by atoms with Gasteiger partial charge in [-0.3, -0.25) is 24.3 Å². The first-order valence-corrected chi connectivity index (χ1v) is 14.1. The summed E-state index contributed by atoms with van der Waals surface area (Å²) >= 11 is 0. The number of nitrogens with one attached hydrogen (secondary N) is 1. The highest BCUT2D eigenvalue weighted by Gasteiger charge is 2.30. The third-order valence-corrected chi connectivity index (χ3v) is 8.72. The third-order valence-electron chi connectivity index (χ3n) is 6.91. The molecule has 5 rings (SSSR count). The molecule has 0 spiro atoms. The molecule has 0 unspecified atom stereocenters. The monoisotopic (exact) mass is 569 g/mol. The highest BCUT2D eigenvalue weighted by Crippen LogP contribution is 2.32. The van der Waals surface area contributed by atoms with Crippen molar-refractivity contribution in [2.75, 3.05) is 10.8 Å². The zero-order valence-electron chi connectivity index (χ0n) is 22.1. The maximum Gasteiger partial charge on any atom is 0.324 e. The van der Waals surface area contributed by atoms with E-state index in [2.05, 4.69) is 4.98 Å². The molecule has 2 aromatic heterocycles. The summed E-state index contributed by atoms with van der Waals surface area (Å²) in [5.41, 5.74) is 8.51. The number of hydrogen-bond acceptors (Lipinski definition) is 6. The number of aliphatic carboxylic acids is 1. The van der Waals surface area contributed by atoms with Gasteiger partial charge in [0.25, 0.3) is 10.0 Å². The molecule has 0 amide bonds. The Balaban J connectivity index is 1.48. The van der Waals surface area contributed by atoms with Crippen molar-refractivity contribution in [3.8, 4) is 0 Å². The van der Waals surface area contributed by atoms with Crippen molar-refractivity contribution in [2.24, 2.45) is 12.8 Å². The molecule has 0 saturated carbocycles. The number of aryl methyl sites for hydroxylation is 2. The number of carbonyl (C=O) groups is 2. The van der Waals surface area contributed by atoms with Crippen LogP contribution in [0.5, 0.6) is 0 Å². The number of pyridine rings is 1. The molecule has 0 aliphatic heterocycles. The van der Waals surface area contributed by atoms with Gasteiger partial charge in [0.15, 0.2) is 5.78 Å². The van der Waals surface area contributed by atoms with Crippen molar-refractivity contribution >= 4 is 55.1 Å². The molecule has 11 heteroatoms. The van der Waals surface area contributed by atoms with E-state index < -0.39 is 22.5 Å². The number of nitrogens with zero attached hydrogens (tertiary/aromatic N) is 3. The van der Waals surface area contributed by atoms with E-state index in [1.807, 2.05) is 12.1 Å². The van der Waals surface area contributed by atoms with Crippen LogP contribution in [0.25, 0.3) is 21.8 Å². The number of carbonyl (C=O) groups excluding carboxylic acids is 1. The van der Waals surface area contributed by atoms with Gasteiger partial charge in [0, 0.05) is 47.8 Å². The number of ketones is 1. The fourth-order valence-electron chi connectivity index (χ4n) is 4.83. The molecule has 0 atom stereocenters. The zero-order valence-corrected chi connectivity index (χ0v) is 22.9. The molecule has 0 aliphatic rings. The molecule has 208 valence electrons. The highest BCUT2D eigenvalue weighted by molar-refractivity contribution is 7.93. The summed E-state index contributed by atoms with van der Waals surface area (Å²) in [6.07, 6.45) is 3.92. The van der Waals surface area contributed by atoms with E-state index in [0.717, 1.165) is 9.87 Å². The molecule has 4 N–H and O–H groups in total. The second kappa shape index (κ2) is 10.9. The number of anilines is 1. The first kappa shape index (κ1) is 27.5. The van der Waals surface area contributed by atoms with E-state index in [4.69, 9.17) is 11.1 Å². The number of amidine groups is 1. The van der Waals surface area contributed by atoms with Crippen LogP contribution in [0.1, 0.15) is 27.9 Å². The van der Waals surface area contributed by atoms with E-state index in [9.17, 15) is 23.1 Å². The number of fused-ring (bicyclic) bond motifs is 2. The van der Waals surface area contributed by atoms with Gasteiger partial charge in [-0.1, -0.05) is 48.5 Å². The highest BCUT2D eigenvalue weighted by atomic mass is 32.2. The smallest absolute Gasteiger partial charge is 0.324 e. The minimum Gasteiger partial charge on any atom is -0.480 e. The molecule has 41 heavy (non-hydrogen) atoms. The summed E-state index contributed by atoms with van der Waals surface area (Å²) in [4.78, 5) is 29.1. The number of para-hydroxylation sites is 1. The van der Waals surface area contributed by atoms with Gasteiger partial charge in [0.2, 0.25) is 0 Å². The largest absolute Gasteiger partial charge is 0.480 e. The molecule has 10 nitrogen and oxygen atoms in total. The number of sulfonamides is 1. The number of hydrogen-bond donors (Lipinski definition) is 3. The van der Waals surface area contributed by atoms with Gasteiger partial charge in [-0.25, -0.2) is 8.42 Å². The molecule has 0 saturated heterocycles. The maximum absolute atomic E-state index is 13.8. The Kier molecular flexibility index (Phi) is 7.29. The van der Waals surface area contributed by atoms with Crippen LogP contribution in [-0.2, 0) is 28.3 Å². The average molecular weight is 570 g/mol. The Bertz CT molecular complexity index is 1930. The minimum atomic E-state index is -4.32. The maximum atomic E-state index is 13.8. The lowest BCUT2D eigenvalue weighted by Crippen LogP contribution is -2.36. The normalized spacial score (nSPS) is 11.5. The predicted octanol–water partition coefficient (Wildman–Crippen LogP) is 4.11. The van der Waals surface area contributed by atoms with Crippen molar-refractivity contribution in [3.63, 3.8) is 0 Å². The summed E-state index contributed by atoms with van der Waals surface area (Å²) in [7, 11) is -2.58. The Morgan fingerprint density at radius 3 is 2.49 bits per heavy atom. The molecule has 0 fully saturated rings. The summed E-state index contributed by atoms with van der Waals surface area (Å²) in [5, 5.41) is 18.4. The van der Waals surface area contributed by atoms with Gasteiger partial charge in [-0.15, -0.1) is 0 Å². The van der Waals surface area contributed by atoms with Gasteiger partial charge in [-0.2, -0.15) is 0 Å². The van der Waals surface area contributed by atoms with Crippen LogP contribution in [0.4, 0.5) is 5.69 Å². The van der Waals surface area contributed by atoms with Crippen LogP contribution in [0, 0.1) is 5.41 Å². The van der Waals surface area contributed by atoms with E-state index in [1.54, 1.807) is 66.3 Å². The van der Waals surface area contributed by atoms with Crippen LogP contribution in [0.3, 0.4) is 0 Å². The summed E-state index contributed by atoms with van der Waals surface area (Å²) in [6, 6.07) is 20.0. The summed E-state index contributed by atoms with van der Waals surface area (Å²) < 4.78 is 30.2. The number of nitrogens with two attached hydrogens (primary N) is 1. The number of aromatic nitrogens is 2. The van der Waals surface area contributed by atoms with Crippen molar-refractivity contribution in [1.29, 1.82) is 5.41 Å². The second-order valence-corrected chi connectivity index (χ2v) is 11.5. The number of nitrogen functional groups attached to an aromatic ring is 1. The van der Waals surface area contributed by atoms with E-state index in [-0.39, 0.29) is 34.1 Å². The van der Waals surface area contributed by atoms with Gasteiger partial charge in [-0.05, 0) is 36.2 Å². The van der Waals surface area contributed by atoms with Crippen LogP contribution >= 0.6 is 0 Å². The standard InChI is InChI=1S/C30H27N5O5S/c1-34-17-24(26(36)14-9-19-7-10-21(11-8-19)30(31)32)23-13-12-22(16-25(23)34)35(18-28(37)38)41(39,40)27-6-2-4-20-5-3-15-33-29(20)27/h2-8,10-13,15-17H,9,14,18H2,1H3,(H3,31,32)(H,37,38). The molecule has 0 radical (unpaired) electrons. The van der Waals surface area contributed by atoms with E-state index >= 15 is 0 Å². The van der Waals surface area contributed by atoms with Crippen LogP contribution in [-0.4, -0.2) is 47.2 Å². The van der Waals surface area contributed by atoms with Crippen LogP contribution in [0.2, 0.25) is 0 Å². The number of carboxylic acids is 1. The Hall–Kier alpha value is -5.03. The number of carboxylic acid groups (broad SMARTS) is 1. The number of rotatable bonds is 10. The fourth-order valence-corrected chi connectivity index (χ4v) is 6.41. The van der Waals surface area contributed by atoms with Gasteiger partial charge in [0.05, 0.1) is 16.7 Å². The quantitative estimate of drug-likeness (QED) is 0.130. The Morgan fingerprint density at radius 2 is 1.78 bits per heavy atom. The van der Waals surface area contributed by atoms with Crippen molar-refractivity contribution < 1.29 is 23.1 Å². The molecule has 0 aliphatic carbocycles. The fraction of sp³-hybridized carbons (Fsp3) is 0.133. The average Bonchev–Trinajstić information content (AvgIpc) is 3.30. The van der Waals surface area contributed by atoms with Gasteiger partial charge in [0.1, 0.15) is 17.3 Å². The SMILES string of the molecule is Cn1cc(C(=O)CCc2ccc(C(=N)N)cc2)c2ccc(N(CC(=O)O)S(=O)(=O)c3cccc4cccnc34)cc21. The molecule has 3 aromatic carbocycles. The van der Waals surface area contributed by atoms with E-state index in [0.29, 0.717) is 33.8 Å². The second-order valence-electron chi connectivity index (χ2n) is 9.63. The summed E-state index contributed by atoms with van der Waals surface area (Å²) in [6.45, 7) is -0.796. The van der Waals surface area contributed by atoms with Crippen molar-refractivity contribution in [3.05, 3.63) is 102 Å². The van der Waals surface area contributed by atoms with Crippen LogP contribution < -0.4 is 10.0 Å². The first-order valence-electron chi connectivity index (χ1n) is 12.7. The van der Waals surface area contributed by atoms with E-state index in [1.165, 1.54) is 18.3 Å². The minimum absolute atomic E-state index is 0.0220. The van der Waals surface area contributed by atoms with Gasteiger partial charge >= 0.3 is 5.97 Å². The Morgan fingerprint density at radius 1 is 1.05 bits per heavy atom. The first-order chi connectivity index (χ1) is 19.6. The zero-order chi connectivity index (χ0) is 29.3. The Labute approximate surface area is 236 Å². The predicted molar refractivity (Wildman–Crippen MR) is 157 cm³/mol. The van der Waals surface area contributed by atoms with Crippen molar-refractivity contribution in [2.45, 2.75) is 17.7 Å². The molecule has 0 bridgehead atoms. The lowest BCUT2D eigenvalue weighted by Gasteiger charge is -2.23. The topological polar surface area (TPSA) is 159 Å². The summed E-state index contributed by atoms with van der Waals surface area (Å²) in [5.74, 6) is -1.43. The lowest BCUT2D eigenvalue weighted by molar-refractivity contribution is -0.135. The molecular weight excluding hydrogens is 542 g/mol. The molecular formula is C30H27N5O5S. The molecule has 2 heterocycles. The molecule has 5 aromatic rings. The lowest BCUT2D eigenvalue weighted by atomic mass is 10.0. The number of Topliss-reactive ketones (excluding diaryl/α,β-unsaturated/α-hetero) is 1.